The maximum Gasteiger partial charge on any atom is 0.254 e. The molecule has 2 N–H and O–H groups in total. The number of amides is 3. The van der Waals surface area contributed by atoms with Crippen LogP contribution in [0.25, 0.3) is 0 Å². The molecule has 0 saturated carbocycles. The van der Waals surface area contributed by atoms with Gasteiger partial charge in [0.05, 0.1) is 12.1 Å². The summed E-state index contributed by atoms with van der Waals surface area (Å²) >= 11 is 0. The van der Waals surface area contributed by atoms with Crippen molar-refractivity contribution in [3.05, 3.63) is 35.6 Å². The lowest BCUT2D eigenvalue weighted by molar-refractivity contribution is -0.138. The van der Waals surface area contributed by atoms with Crippen molar-refractivity contribution in [1.82, 2.24) is 15.5 Å². The first-order chi connectivity index (χ1) is 12.2. The second-order valence-electron chi connectivity index (χ2n) is 6.75. The third-order valence-electron chi connectivity index (χ3n) is 3.82. The normalized spacial score (nSPS) is 12.0. The number of benzene rings is 1. The van der Waals surface area contributed by atoms with Gasteiger partial charge in [0.1, 0.15) is 11.9 Å². The topological polar surface area (TPSA) is 78.5 Å². The predicted octanol–water partition coefficient (Wildman–Crippen LogP) is 1.95. The molecule has 0 aliphatic heterocycles. The van der Waals surface area contributed by atoms with Crippen LogP contribution in [-0.4, -0.2) is 47.8 Å². The van der Waals surface area contributed by atoms with E-state index in [4.69, 9.17) is 0 Å². The van der Waals surface area contributed by atoms with Crippen LogP contribution in [0.4, 0.5) is 4.39 Å². The van der Waals surface area contributed by atoms with E-state index >= 15 is 0 Å². The van der Waals surface area contributed by atoms with E-state index in [-0.39, 0.29) is 35.9 Å². The Morgan fingerprint density at radius 2 is 1.69 bits per heavy atom. The van der Waals surface area contributed by atoms with Crippen molar-refractivity contribution < 1.29 is 18.8 Å². The lowest BCUT2D eigenvalue weighted by atomic mass is 10.0. The number of hydrogen-bond donors (Lipinski definition) is 2. The van der Waals surface area contributed by atoms with Gasteiger partial charge in [0, 0.05) is 12.6 Å². The number of carbonyl (C=O) groups excluding carboxylic acids is 3. The lowest BCUT2D eigenvalue weighted by Crippen LogP contribution is -2.53. The maximum absolute atomic E-state index is 13.8. The van der Waals surface area contributed by atoms with E-state index in [0.29, 0.717) is 6.54 Å². The molecule has 0 aliphatic carbocycles. The highest BCUT2D eigenvalue weighted by Gasteiger charge is 2.30. The summed E-state index contributed by atoms with van der Waals surface area (Å²) < 4.78 is 13.8. The molecule has 3 amide bonds. The molecule has 0 spiro atoms. The molecule has 7 heteroatoms. The summed E-state index contributed by atoms with van der Waals surface area (Å²) in [5.41, 5.74) is -0.119. The number of nitrogens with zero attached hydrogens (tertiary/aromatic N) is 1. The van der Waals surface area contributed by atoms with E-state index in [2.05, 4.69) is 10.6 Å². The molecule has 1 unspecified atom stereocenters. The minimum Gasteiger partial charge on any atom is -0.352 e. The highest BCUT2D eigenvalue weighted by molar-refractivity contribution is 5.98. The quantitative estimate of drug-likeness (QED) is 0.739. The number of rotatable bonds is 8. The van der Waals surface area contributed by atoms with Gasteiger partial charge in [-0.1, -0.05) is 26.0 Å². The van der Waals surface area contributed by atoms with Gasteiger partial charge < -0.3 is 15.5 Å². The zero-order valence-electron chi connectivity index (χ0n) is 16.0. The van der Waals surface area contributed by atoms with Crippen LogP contribution in [0.15, 0.2) is 24.3 Å². The van der Waals surface area contributed by atoms with Gasteiger partial charge in [0.25, 0.3) is 5.91 Å². The van der Waals surface area contributed by atoms with Crippen LogP contribution in [0, 0.1) is 11.7 Å². The molecular formula is C19H28FN3O3. The molecule has 0 radical (unpaired) electrons. The molecule has 0 saturated heterocycles. The van der Waals surface area contributed by atoms with Gasteiger partial charge >= 0.3 is 0 Å². The lowest BCUT2D eigenvalue weighted by Gasteiger charge is -2.29. The number of hydrogen-bond acceptors (Lipinski definition) is 3. The fourth-order valence-corrected chi connectivity index (χ4v) is 2.46. The van der Waals surface area contributed by atoms with Crippen LogP contribution < -0.4 is 10.6 Å². The molecule has 26 heavy (non-hydrogen) atoms. The minimum absolute atomic E-state index is 0.0297. The Bertz CT molecular complexity index is 647. The molecule has 0 bridgehead atoms. The minimum atomic E-state index is -0.853. The Morgan fingerprint density at radius 1 is 1.08 bits per heavy atom. The SMILES string of the molecule is CCN(CC(=O)NC(C)C)C(=O)C(NC(=O)c1ccccc1F)C(C)C. The highest BCUT2D eigenvalue weighted by atomic mass is 19.1. The van der Waals surface area contributed by atoms with Crippen molar-refractivity contribution in [1.29, 1.82) is 0 Å². The van der Waals surface area contributed by atoms with E-state index < -0.39 is 17.8 Å². The highest BCUT2D eigenvalue weighted by Crippen LogP contribution is 2.11. The first-order valence-corrected chi connectivity index (χ1v) is 8.80. The molecule has 0 heterocycles. The van der Waals surface area contributed by atoms with Crippen molar-refractivity contribution >= 4 is 17.7 Å². The molecule has 1 aromatic carbocycles. The first-order valence-electron chi connectivity index (χ1n) is 8.80. The average Bonchev–Trinajstić information content (AvgIpc) is 2.56. The average molecular weight is 365 g/mol. The summed E-state index contributed by atoms with van der Waals surface area (Å²) in [7, 11) is 0. The molecule has 0 aliphatic rings. The zero-order valence-corrected chi connectivity index (χ0v) is 16.0. The van der Waals surface area contributed by atoms with Crippen LogP contribution in [0.3, 0.4) is 0 Å². The van der Waals surface area contributed by atoms with Gasteiger partial charge in [-0.25, -0.2) is 4.39 Å². The first kappa shape index (κ1) is 21.6. The van der Waals surface area contributed by atoms with Crippen molar-refractivity contribution in [2.24, 2.45) is 5.92 Å². The third-order valence-corrected chi connectivity index (χ3v) is 3.82. The molecule has 1 rings (SSSR count). The van der Waals surface area contributed by atoms with Gasteiger partial charge in [-0.3, -0.25) is 14.4 Å². The summed E-state index contributed by atoms with van der Waals surface area (Å²) in [6.07, 6.45) is 0. The van der Waals surface area contributed by atoms with E-state index in [9.17, 15) is 18.8 Å². The summed E-state index contributed by atoms with van der Waals surface area (Å²) in [5, 5.41) is 5.34. The van der Waals surface area contributed by atoms with Crippen molar-refractivity contribution in [3.8, 4) is 0 Å². The smallest absolute Gasteiger partial charge is 0.254 e. The van der Waals surface area contributed by atoms with Gasteiger partial charge in [-0.05, 0) is 38.8 Å². The molecule has 1 aromatic rings. The molecule has 1 atom stereocenters. The van der Waals surface area contributed by atoms with Crippen LogP contribution in [-0.2, 0) is 9.59 Å². The molecule has 144 valence electrons. The van der Waals surface area contributed by atoms with E-state index in [1.807, 2.05) is 13.8 Å². The Labute approximate surface area is 154 Å². The molecule has 0 aromatic heterocycles. The van der Waals surface area contributed by atoms with E-state index in [1.165, 1.54) is 23.1 Å². The Kier molecular flexibility index (Phi) is 8.22. The Morgan fingerprint density at radius 3 is 2.19 bits per heavy atom. The van der Waals surface area contributed by atoms with E-state index in [1.54, 1.807) is 26.8 Å². The Hall–Kier alpha value is -2.44. The zero-order chi connectivity index (χ0) is 19.9. The van der Waals surface area contributed by atoms with Crippen LogP contribution in [0.2, 0.25) is 0 Å². The van der Waals surface area contributed by atoms with Gasteiger partial charge in [-0.2, -0.15) is 0 Å². The summed E-state index contributed by atoms with van der Waals surface area (Å²) in [6.45, 7) is 9.23. The van der Waals surface area contributed by atoms with Crippen molar-refractivity contribution in [2.45, 2.75) is 46.7 Å². The molecular weight excluding hydrogens is 337 g/mol. The molecule has 6 nitrogen and oxygen atoms in total. The van der Waals surface area contributed by atoms with E-state index in [0.717, 1.165) is 0 Å². The number of carbonyl (C=O) groups is 3. The number of nitrogens with one attached hydrogen (secondary N) is 2. The van der Waals surface area contributed by atoms with Crippen molar-refractivity contribution in [2.75, 3.05) is 13.1 Å². The van der Waals surface area contributed by atoms with Crippen LogP contribution >= 0.6 is 0 Å². The number of halogens is 1. The summed E-state index contributed by atoms with van der Waals surface area (Å²) in [6, 6.07) is 4.71. The predicted molar refractivity (Wildman–Crippen MR) is 98.0 cm³/mol. The second-order valence-corrected chi connectivity index (χ2v) is 6.75. The second kappa shape index (κ2) is 9.89. The van der Waals surface area contributed by atoms with Gasteiger partial charge in [0.2, 0.25) is 11.8 Å². The molecule has 0 fully saturated rings. The number of likely N-dealkylation sites (N-methyl/N-ethyl adjacent to an activating group) is 1. The Balaban J connectivity index is 2.90. The maximum atomic E-state index is 13.8. The fraction of sp³-hybridized carbons (Fsp3) is 0.526. The van der Waals surface area contributed by atoms with Gasteiger partial charge in [-0.15, -0.1) is 0 Å². The largest absolute Gasteiger partial charge is 0.352 e. The summed E-state index contributed by atoms with van der Waals surface area (Å²) in [5.74, 6) is -2.16. The van der Waals surface area contributed by atoms with Crippen LogP contribution in [0.1, 0.15) is 45.0 Å². The standard InChI is InChI=1S/C19H28FN3O3/c1-6-23(11-16(24)21-13(4)5)19(26)17(12(2)3)22-18(25)14-9-7-8-10-15(14)20/h7-10,12-13,17H,6,11H2,1-5H3,(H,21,24)(H,22,25). The van der Waals surface area contributed by atoms with Crippen molar-refractivity contribution in [3.63, 3.8) is 0 Å². The third kappa shape index (κ3) is 6.13. The van der Waals surface area contributed by atoms with Crippen LogP contribution in [0.5, 0.6) is 0 Å². The summed E-state index contributed by atoms with van der Waals surface area (Å²) in [4.78, 5) is 38.5. The monoisotopic (exact) mass is 365 g/mol. The fourth-order valence-electron chi connectivity index (χ4n) is 2.46. The van der Waals surface area contributed by atoms with Gasteiger partial charge in [0.15, 0.2) is 0 Å².